The molecule has 0 saturated carbocycles. The number of nitrogens with two attached hydrogens (primary N) is 1. The Bertz CT molecular complexity index is 1250. The van der Waals surface area contributed by atoms with Crippen molar-refractivity contribution in [2.75, 3.05) is 11.6 Å². The first-order valence-corrected chi connectivity index (χ1v) is 11.6. The van der Waals surface area contributed by atoms with Crippen molar-refractivity contribution in [3.8, 4) is 5.69 Å². The first-order valence-electron chi connectivity index (χ1n) is 9.67. The molecular formula is C21H22F3N5O3S. The Morgan fingerprint density at radius 3 is 2.39 bits per heavy atom. The number of aryl methyl sites for hydroxylation is 1. The number of anilines is 1. The number of aromatic nitrogens is 2. The van der Waals surface area contributed by atoms with Crippen LogP contribution in [0, 0.1) is 6.92 Å². The average molecular weight is 482 g/mol. The first kappa shape index (κ1) is 24.3. The van der Waals surface area contributed by atoms with Crippen molar-refractivity contribution >= 4 is 21.6 Å². The molecule has 2 amide bonds. The number of carbonyl (C=O) groups excluding carboxylic acids is 1. The van der Waals surface area contributed by atoms with Crippen molar-refractivity contribution in [3.63, 3.8) is 0 Å². The molecule has 3 rings (SSSR count). The molecule has 0 spiro atoms. The highest BCUT2D eigenvalue weighted by Gasteiger charge is 2.35. The van der Waals surface area contributed by atoms with E-state index >= 15 is 0 Å². The lowest BCUT2D eigenvalue weighted by atomic mass is 10.2. The number of carbonyl (C=O) groups is 1. The molecule has 0 aliphatic carbocycles. The third kappa shape index (κ3) is 6.11. The van der Waals surface area contributed by atoms with E-state index in [1.54, 1.807) is 31.2 Å². The van der Waals surface area contributed by atoms with E-state index in [0.717, 1.165) is 22.6 Å². The Balaban J connectivity index is 1.73. The SMILES string of the molecule is Cc1cccc(-n2nc(C(F)(F)F)cc2CNC(=O)Nc2ccc(C(N)S(C)(=O)=O)cc2)c1. The van der Waals surface area contributed by atoms with Crippen LogP contribution < -0.4 is 16.4 Å². The summed E-state index contributed by atoms with van der Waals surface area (Å²) in [6.45, 7) is 1.58. The second-order valence-electron chi connectivity index (χ2n) is 7.45. The first-order chi connectivity index (χ1) is 15.3. The van der Waals surface area contributed by atoms with Gasteiger partial charge in [0.25, 0.3) is 0 Å². The summed E-state index contributed by atoms with van der Waals surface area (Å²) in [5, 5.41) is 7.50. The Morgan fingerprint density at radius 1 is 1.15 bits per heavy atom. The number of nitrogens with zero attached hydrogens (tertiary/aromatic N) is 2. The Hall–Kier alpha value is -3.38. The molecule has 176 valence electrons. The fourth-order valence-corrected chi connectivity index (χ4v) is 3.67. The van der Waals surface area contributed by atoms with Gasteiger partial charge in [-0.2, -0.15) is 18.3 Å². The molecule has 0 radical (unpaired) electrons. The molecule has 0 saturated heterocycles. The lowest BCUT2D eigenvalue weighted by Crippen LogP contribution is -2.29. The minimum absolute atomic E-state index is 0.137. The zero-order chi connectivity index (χ0) is 24.4. The molecule has 0 bridgehead atoms. The summed E-state index contributed by atoms with van der Waals surface area (Å²) in [6.07, 6.45) is -3.62. The van der Waals surface area contributed by atoms with Crippen LogP contribution in [0.1, 0.15) is 27.9 Å². The lowest BCUT2D eigenvalue weighted by molar-refractivity contribution is -0.141. The van der Waals surface area contributed by atoms with Gasteiger partial charge in [-0.3, -0.25) is 0 Å². The largest absolute Gasteiger partial charge is 0.435 e. The Labute approximate surface area is 188 Å². The molecule has 8 nitrogen and oxygen atoms in total. The van der Waals surface area contributed by atoms with Gasteiger partial charge in [0.1, 0.15) is 5.37 Å². The minimum Gasteiger partial charge on any atom is -0.332 e. The van der Waals surface area contributed by atoms with Gasteiger partial charge >= 0.3 is 12.2 Å². The van der Waals surface area contributed by atoms with Crippen LogP contribution in [0.4, 0.5) is 23.7 Å². The maximum Gasteiger partial charge on any atom is 0.435 e. The zero-order valence-electron chi connectivity index (χ0n) is 17.7. The minimum atomic E-state index is -4.64. The second-order valence-corrected chi connectivity index (χ2v) is 9.62. The van der Waals surface area contributed by atoms with Crippen molar-refractivity contribution in [1.82, 2.24) is 15.1 Å². The van der Waals surface area contributed by atoms with Crippen LogP contribution in [-0.4, -0.2) is 30.5 Å². The summed E-state index contributed by atoms with van der Waals surface area (Å²) in [4.78, 5) is 12.3. The number of alkyl halides is 3. The van der Waals surface area contributed by atoms with Gasteiger partial charge in [0.2, 0.25) is 0 Å². The maximum atomic E-state index is 13.2. The summed E-state index contributed by atoms with van der Waals surface area (Å²) in [7, 11) is -3.48. The van der Waals surface area contributed by atoms with Crippen LogP contribution in [0.2, 0.25) is 0 Å². The number of halogens is 3. The van der Waals surface area contributed by atoms with Crippen LogP contribution in [0.15, 0.2) is 54.6 Å². The number of urea groups is 1. The third-order valence-electron chi connectivity index (χ3n) is 4.71. The molecule has 1 unspecified atom stereocenters. The van der Waals surface area contributed by atoms with Gasteiger partial charge in [-0.15, -0.1) is 0 Å². The van der Waals surface area contributed by atoms with Gasteiger partial charge in [0.15, 0.2) is 15.5 Å². The summed E-state index contributed by atoms with van der Waals surface area (Å²) >= 11 is 0. The van der Waals surface area contributed by atoms with E-state index in [1.807, 2.05) is 0 Å². The summed E-state index contributed by atoms with van der Waals surface area (Å²) in [5.41, 5.74) is 6.70. The van der Waals surface area contributed by atoms with Crippen molar-refractivity contribution in [2.24, 2.45) is 5.73 Å². The molecule has 33 heavy (non-hydrogen) atoms. The molecule has 12 heteroatoms. The third-order valence-corrected chi connectivity index (χ3v) is 5.90. The Morgan fingerprint density at radius 2 is 1.82 bits per heavy atom. The van der Waals surface area contributed by atoms with E-state index in [2.05, 4.69) is 15.7 Å². The molecular weight excluding hydrogens is 459 g/mol. The van der Waals surface area contributed by atoms with E-state index in [4.69, 9.17) is 5.73 Å². The van der Waals surface area contributed by atoms with Crippen LogP contribution in [0.25, 0.3) is 5.69 Å². The topological polar surface area (TPSA) is 119 Å². The monoisotopic (exact) mass is 481 g/mol. The highest BCUT2D eigenvalue weighted by Crippen LogP contribution is 2.29. The Kier molecular flexibility index (Phi) is 6.79. The van der Waals surface area contributed by atoms with E-state index in [9.17, 15) is 26.4 Å². The molecule has 4 N–H and O–H groups in total. The van der Waals surface area contributed by atoms with E-state index < -0.39 is 33.1 Å². The fraction of sp³-hybridized carbons (Fsp3) is 0.238. The highest BCUT2D eigenvalue weighted by atomic mass is 32.2. The van der Waals surface area contributed by atoms with Crippen molar-refractivity contribution in [2.45, 2.75) is 25.0 Å². The normalized spacial score (nSPS) is 12.9. The quantitative estimate of drug-likeness (QED) is 0.498. The number of sulfone groups is 1. The highest BCUT2D eigenvalue weighted by molar-refractivity contribution is 7.90. The van der Waals surface area contributed by atoms with Crippen molar-refractivity contribution in [3.05, 3.63) is 77.1 Å². The number of benzene rings is 2. The lowest BCUT2D eigenvalue weighted by Gasteiger charge is -2.12. The molecule has 3 aromatic rings. The standard InChI is InChI=1S/C21H22F3N5O3S/c1-13-4-3-5-16(10-13)29-17(11-18(28-29)21(22,23)24)12-26-20(30)27-15-8-6-14(7-9-15)19(25)33(2,31)32/h3-11,19H,12,25H2,1-2H3,(H2,26,27,30). The maximum absolute atomic E-state index is 13.2. The van der Waals surface area contributed by atoms with Crippen LogP contribution in [0.5, 0.6) is 0 Å². The summed E-state index contributed by atoms with van der Waals surface area (Å²) < 4.78 is 63.8. The number of hydrogen-bond donors (Lipinski definition) is 3. The molecule has 1 atom stereocenters. The molecule has 0 fully saturated rings. The number of amides is 2. The van der Waals surface area contributed by atoms with Gasteiger partial charge in [0, 0.05) is 11.9 Å². The predicted octanol–water partition coefficient (Wildman–Crippen LogP) is 3.52. The van der Waals surface area contributed by atoms with Gasteiger partial charge in [0.05, 0.1) is 17.9 Å². The number of nitrogens with one attached hydrogen (secondary N) is 2. The average Bonchev–Trinajstić information content (AvgIpc) is 3.16. The summed E-state index contributed by atoms with van der Waals surface area (Å²) in [5.74, 6) is 0. The molecule has 2 aromatic carbocycles. The number of rotatable bonds is 6. The van der Waals surface area contributed by atoms with Gasteiger partial charge in [-0.25, -0.2) is 17.9 Å². The predicted molar refractivity (Wildman–Crippen MR) is 117 cm³/mol. The van der Waals surface area contributed by atoms with Crippen LogP contribution in [-0.2, 0) is 22.6 Å². The van der Waals surface area contributed by atoms with E-state index in [1.165, 1.54) is 24.3 Å². The van der Waals surface area contributed by atoms with E-state index in [-0.39, 0.29) is 12.2 Å². The number of hydrogen-bond acceptors (Lipinski definition) is 5. The van der Waals surface area contributed by atoms with Gasteiger partial charge in [-0.05, 0) is 48.4 Å². The smallest absolute Gasteiger partial charge is 0.332 e. The van der Waals surface area contributed by atoms with Crippen LogP contribution in [0.3, 0.4) is 0 Å². The van der Waals surface area contributed by atoms with Gasteiger partial charge < -0.3 is 16.4 Å². The zero-order valence-corrected chi connectivity index (χ0v) is 18.5. The second kappa shape index (κ2) is 9.24. The van der Waals surface area contributed by atoms with Crippen LogP contribution >= 0.6 is 0 Å². The molecule has 0 aliphatic rings. The molecule has 1 heterocycles. The van der Waals surface area contributed by atoms with Crippen molar-refractivity contribution < 1.29 is 26.4 Å². The van der Waals surface area contributed by atoms with E-state index in [0.29, 0.717) is 16.9 Å². The molecule has 0 aliphatic heterocycles. The van der Waals surface area contributed by atoms with Gasteiger partial charge in [-0.1, -0.05) is 24.3 Å². The molecule has 1 aromatic heterocycles. The summed E-state index contributed by atoms with van der Waals surface area (Å²) in [6, 6.07) is 12.9. The fourth-order valence-electron chi connectivity index (χ4n) is 3.02. The van der Waals surface area contributed by atoms with Crippen molar-refractivity contribution in [1.29, 1.82) is 0 Å².